The van der Waals surface area contributed by atoms with Crippen molar-refractivity contribution in [3.8, 4) is 0 Å². The first-order valence-corrected chi connectivity index (χ1v) is 4.73. The fourth-order valence-electron chi connectivity index (χ4n) is 1.56. The van der Waals surface area contributed by atoms with Crippen molar-refractivity contribution >= 4 is 5.91 Å². The minimum atomic E-state index is -0.269. The number of nitrogens with zero attached hydrogens (tertiary/aromatic N) is 1. The van der Waals surface area contributed by atoms with E-state index in [1.54, 1.807) is 19.0 Å². The molecule has 1 amide bonds. The Labute approximate surface area is 78.9 Å². The molecule has 0 aromatic carbocycles. The second kappa shape index (κ2) is 4.58. The molecular weight excluding hydrogens is 168 g/mol. The van der Waals surface area contributed by atoms with Gasteiger partial charge in [0, 0.05) is 20.1 Å². The summed E-state index contributed by atoms with van der Waals surface area (Å²) in [5.74, 6) is 0.0547. The molecule has 2 atom stereocenters. The number of rotatable bonds is 3. The Morgan fingerprint density at radius 1 is 1.54 bits per heavy atom. The highest BCUT2D eigenvalue weighted by atomic mass is 16.3. The molecule has 0 heterocycles. The van der Waals surface area contributed by atoms with Crippen LogP contribution < -0.4 is 5.32 Å². The fraction of sp³-hybridized carbons (Fsp3) is 0.889. The van der Waals surface area contributed by atoms with Crippen LogP contribution in [0.3, 0.4) is 0 Å². The van der Waals surface area contributed by atoms with Crippen LogP contribution in [0.2, 0.25) is 0 Å². The lowest BCUT2D eigenvalue weighted by molar-refractivity contribution is -0.127. The van der Waals surface area contributed by atoms with Crippen LogP contribution in [0.15, 0.2) is 0 Å². The minimum absolute atomic E-state index is 0.0547. The van der Waals surface area contributed by atoms with E-state index in [1.165, 1.54) is 0 Å². The smallest absolute Gasteiger partial charge is 0.236 e. The zero-order valence-electron chi connectivity index (χ0n) is 8.29. The summed E-state index contributed by atoms with van der Waals surface area (Å²) in [7, 11) is 3.46. The zero-order chi connectivity index (χ0) is 9.84. The number of likely N-dealkylation sites (N-methyl/N-ethyl adjacent to an activating group) is 1. The lowest BCUT2D eigenvalue weighted by atomic mass is 10.2. The maximum Gasteiger partial charge on any atom is 0.236 e. The molecule has 76 valence electrons. The van der Waals surface area contributed by atoms with E-state index in [0.29, 0.717) is 6.54 Å². The molecule has 2 N–H and O–H groups in total. The molecule has 1 aliphatic rings. The monoisotopic (exact) mass is 186 g/mol. The fourth-order valence-corrected chi connectivity index (χ4v) is 1.56. The van der Waals surface area contributed by atoms with Crippen LogP contribution in [-0.2, 0) is 4.79 Å². The third-order valence-electron chi connectivity index (χ3n) is 2.49. The normalized spacial score (nSPS) is 27.6. The Balaban J connectivity index is 2.22. The largest absolute Gasteiger partial charge is 0.392 e. The summed E-state index contributed by atoms with van der Waals surface area (Å²) in [6, 6.07) is 0.115. The lowest BCUT2D eigenvalue weighted by Gasteiger charge is -2.17. The number of aliphatic hydroxyl groups excluding tert-OH is 1. The van der Waals surface area contributed by atoms with Crippen molar-refractivity contribution in [1.29, 1.82) is 0 Å². The molecule has 0 aromatic rings. The van der Waals surface area contributed by atoms with Crippen LogP contribution in [0.25, 0.3) is 0 Å². The summed E-state index contributed by atoms with van der Waals surface area (Å²) in [6.45, 7) is 0.328. The molecule has 0 aromatic heterocycles. The molecule has 0 aliphatic heterocycles. The van der Waals surface area contributed by atoms with Gasteiger partial charge in [-0.2, -0.15) is 0 Å². The maximum atomic E-state index is 11.2. The van der Waals surface area contributed by atoms with Gasteiger partial charge >= 0.3 is 0 Å². The standard InChI is InChI=1S/C9H18N2O2/c1-11(2)9(13)6-10-7-4-3-5-8(7)12/h7-8,10,12H,3-6H2,1-2H3. The molecule has 1 aliphatic carbocycles. The number of aliphatic hydroxyl groups is 1. The second-order valence-corrected chi connectivity index (χ2v) is 3.77. The maximum absolute atomic E-state index is 11.2. The van der Waals surface area contributed by atoms with Crippen molar-refractivity contribution < 1.29 is 9.90 Å². The second-order valence-electron chi connectivity index (χ2n) is 3.77. The number of nitrogens with one attached hydrogen (secondary N) is 1. The van der Waals surface area contributed by atoms with Crippen molar-refractivity contribution in [2.75, 3.05) is 20.6 Å². The van der Waals surface area contributed by atoms with Gasteiger partial charge in [0.05, 0.1) is 12.6 Å². The van der Waals surface area contributed by atoms with E-state index in [9.17, 15) is 9.90 Å². The van der Waals surface area contributed by atoms with Gasteiger partial charge < -0.3 is 15.3 Å². The van der Waals surface area contributed by atoms with Crippen LogP contribution in [0.4, 0.5) is 0 Å². The predicted octanol–water partition coefficient (Wildman–Crippen LogP) is -0.422. The predicted molar refractivity (Wildman–Crippen MR) is 50.3 cm³/mol. The summed E-state index contributed by atoms with van der Waals surface area (Å²) in [5.41, 5.74) is 0. The van der Waals surface area contributed by atoms with Crippen LogP contribution in [-0.4, -0.2) is 48.7 Å². The van der Waals surface area contributed by atoms with Crippen LogP contribution in [0, 0.1) is 0 Å². The van der Waals surface area contributed by atoms with Crippen molar-refractivity contribution in [1.82, 2.24) is 10.2 Å². The minimum Gasteiger partial charge on any atom is -0.392 e. The van der Waals surface area contributed by atoms with Gasteiger partial charge in [0.1, 0.15) is 0 Å². The van der Waals surface area contributed by atoms with Gasteiger partial charge in [-0.3, -0.25) is 4.79 Å². The summed E-state index contributed by atoms with van der Waals surface area (Å²) in [6.07, 6.45) is 2.61. The summed E-state index contributed by atoms with van der Waals surface area (Å²) in [5, 5.41) is 12.5. The number of hydrogen-bond acceptors (Lipinski definition) is 3. The van der Waals surface area contributed by atoms with E-state index >= 15 is 0 Å². The Morgan fingerprint density at radius 2 is 2.23 bits per heavy atom. The third kappa shape index (κ3) is 2.97. The Kier molecular flexibility index (Phi) is 3.69. The Morgan fingerprint density at radius 3 is 2.69 bits per heavy atom. The molecule has 2 unspecified atom stereocenters. The van der Waals surface area contributed by atoms with Gasteiger partial charge in [-0.05, 0) is 19.3 Å². The highest BCUT2D eigenvalue weighted by Gasteiger charge is 2.24. The average Bonchev–Trinajstić information content (AvgIpc) is 2.47. The summed E-state index contributed by atoms with van der Waals surface area (Å²) in [4.78, 5) is 12.7. The SMILES string of the molecule is CN(C)C(=O)CNC1CCCC1O. The van der Waals surface area contributed by atoms with Gasteiger partial charge in [-0.25, -0.2) is 0 Å². The Bertz CT molecular complexity index is 182. The highest BCUT2D eigenvalue weighted by molar-refractivity contribution is 5.77. The number of carbonyl (C=O) groups excluding carboxylic acids is 1. The molecule has 4 nitrogen and oxygen atoms in total. The molecule has 0 bridgehead atoms. The first kappa shape index (κ1) is 10.5. The number of amides is 1. The van der Waals surface area contributed by atoms with Gasteiger partial charge in [-0.1, -0.05) is 0 Å². The lowest BCUT2D eigenvalue weighted by Crippen LogP contribution is -2.42. The van der Waals surface area contributed by atoms with Crippen LogP contribution in [0.1, 0.15) is 19.3 Å². The molecular formula is C9H18N2O2. The van der Waals surface area contributed by atoms with Crippen LogP contribution >= 0.6 is 0 Å². The average molecular weight is 186 g/mol. The first-order valence-electron chi connectivity index (χ1n) is 4.73. The summed E-state index contributed by atoms with van der Waals surface area (Å²) < 4.78 is 0. The topological polar surface area (TPSA) is 52.6 Å². The zero-order valence-corrected chi connectivity index (χ0v) is 8.29. The number of hydrogen-bond donors (Lipinski definition) is 2. The highest BCUT2D eigenvalue weighted by Crippen LogP contribution is 2.18. The van der Waals surface area contributed by atoms with E-state index < -0.39 is 0 Å². The molecule has 13 heavy (non-hydrogen) atoms. The molecule has 1 fully saturated rings. The van der Waals surface area contributed by atoms with Gasteiger partial charge in [-0.15, -0.1) is 0 Å². The quantitative estimate of drug-likeness (QED) is 0.629. The van der Waals surface area contributed by atoms with E-state index in [0.717, 1.165) is 19.3 Å². The molecule has 0 radical (unpaired) electrons. The Hall–Kier alpha value is -0.610. The van der Waals surface area contributed by atoms with Crippen molar-refractivity contribution in [2.45, 2.75) is 31.4 Å². The van der Waals surface area contributed by atoms with Crippen LogP contribution in [0.5, 0.6) is 0 Å². The first-order chi connectivity index (χ1) is 6.11. The number of carbonyl (C=O) groups is 1. The van der Waals surface area contributed by atoms with E-state index in [1.807, 2.05) is 0 Å². The van der Waals surface area contributed by atoms with Gasteiger partial charge in [0.2, 0.25) is 5.91 Å². The van der Waals surface area contributed by atoms with Gasteiger partial charge in [0.15, 0.2) is 0 Å². The molecule has 4 heteroatoms. The van der Waals surface area contributed by atoms with E-state index in [-0.39, 0.29) is 18.1 Å². The molecule has 0 saturated heterocycles. The van der Waals surface area contributed by atoms with E-state index in [2.05, 4.69) is 5.32 Å². The van der Waals surface area contributed by atoms with Gasteiger partial charge in [0.25, 0.3) is 0 Å². The van der Waals surface area contributed by atoms with Crippen molar-refractivity contribution in [3.63, 3.8) is 0 Å². The van der Waals surface area contributed by atoms with Crippen molar-refractivity contribution in [3.05, 3.63) is 0 Å². The molecule has 1 saturated carbocycles. The third-order valence-corrected chi connectivity index (χ3v) is 2.49. The molecule has 0 spiro atoms. The van der Waals surface area contributed by atoms with Crippen molar-refractivity contribution in [2.24, 2.45) is 0 Å². The summed E-state index contributed by atoms with van der Waals surface area (Å²) >= 11 is 0. The molecule has 1 rings (SSSR count). The van der Waals surface area contributed by atoms with E-state index in [4.69, 9.17) is 0 Å².